The number of hydrogen-bond acceptors (Lipinski definition) is 6. The van der Waals surface area contributed by atoms with Crippen LogP contribution in [-0.4, -0.2) is 62.9 Å². The molecule has 0 aliphatic carbocycles. The highest BCUT2D eigenvalue weighted by atomic mass is 16.5. The Hall–Kier alpha value is -4.27. The van der Waals surface area contributed by atoms with Crippen LogP contribution >= 0.6 is 0 Å². The number of pyridine rings is 2. The largest absolute Gasteiger partial charge is 0.335 e. The van der Waals surface area contributed by atoms with E-state index in [1.807, 2.05) is 31.2 Å². The number of aromatic amines is 1. The van der Waals surface area contributed by atoms with Crippen molar-refractivity contribution in [2.45, 2.75) is 13.8 Å². The predicted molar refractivity (Wildman–Crippen MR) is 126 cm³/mol. The summed E-state index contributed by atoms with van der Waals surface area (Å²) in [4.78, 5) is 48.1. The van der Waals surface area contributed by atoms with Crippen LogP contribution < -0.4 is 5.56 Å². The normalized spacial score (nSPS) is 13.9. The van der Waals surface area contributed by atoms with E-state index in [0.29, 0.717) is 59.8 Å². The van der Waals surface area contributed by atoms with E-state index in [1.54, 1.807) is 22.8 Å². The van der Waals surface area contributed by atoms with Gasteiger partial charge in [0.25, 0.3) is 17.5 Å². The minimum atomic E-state index is -0.260. The number of aryl methyl sites for hydroxylation is 2. The van der Waals surface area contributed by atoms with Crippen molar-refractivity contribution in [3.05, 3.63) is 81.4 Å². The van der Waals surface area contributed by atoms with Gasteiger partial charge in [-0.1, -0.05) is 35.0 Å². The first-order valence-corrected chi connectivity index (χ1v) is 11.0. The van der Waals surface area contributed by atoms with Gasteiger partial charge >= 0.3 is 0 Å². The van der Waals surface area contributed by atoms with E-state index in [1.165, 1.54) is 18.3 Å². The summed E-state index contributed by atoms with van der Waals surface area (Å²) in [6, 6.07) is 12.5. The molecule has 4 aromatic rings. The van der Waals surface area contributed by atoms with Crippen molar-refractivity contribution in [3.8, 4) is 11.3 Å². The zero-order valence-corrected chi connectivity index (χ0v) is 18.9. The number of H-pyrrole nitrogens is 1. The number of nitrogens with one attached hydrogen (secondary N) is 1. The van der Waals surface area contributed by atoms with Gasteiger partial charge in [0, 0.05) is 44.0 Å². The molecule has 9 nitrogen and oxygen atoms in total. The zero-order valence-electron chi connectivity index (χ0n) is 18.9. The molecule has 4 heterocycles. The molecule has 1 aliphatic rings. The second-order valence-corrected chi connectivity index (χ2v) is 8.40. The van der Waals surface area contributed by atoms with Crippen LogP contribution in [0.2, 0.25) is 0 Å². The fraction of sp³-hybridized carbons (Fsp3) is 0.240. The van der Waals surface area contributed by atoms with E-state index in [9.17, 15) is 14.4 Å². The lowest BCUT2D eigenvalue weighted by molar-refractivity contribution is 0.0536. The van der Waals surface area contributed by atoms with Gasteiger partial charge in [-0.3, -0.25) is 14.4 Å². The van der Waals surface area contributed by atoms with Crippen molar-refractivity contribution >= 4 is 22.9 Å². The van der Waals surface area contributed by atoms with Gasteiger partial charge in [-0.25, -0.2) is 4.98 Å². The van der Waals surface area contributed by atoms with Crippen LogP contribution in [0.1, 0.15) is 32.0 Å². The molecule has 0 saturated carbocycles. The monoisotopic (exact) mass is 457 g/mol. The Labute approximate surface area is 195 Å². The summed E-state index contributed by atoms with van der Waals surface area (Å²) < 4.78 is 5.41. The zero-order chi connectivity index (χ0) is 23.8. The number of benzene rings is 1. The van der Waals surface area contributed by atoms with Gasteiger partial charge in [0.05, 0.1) is 27.9 Å². The van der Waals surface area contributed by atoms with Crippen molar-refractivity contribution in [2.75, 3.05) is 26.2 Å². The number of aromatic nitrogens is 3. The Morgan fingerprint density at radius 3 is 2.26 bits per heavy atom. The molecule has 0 spiro atoms. The second kappa shape index (κ2) is 8.58. The standard InChI is InChI=1S/C25H23N5O4/c1-15-3-5-17(6-4-15)20-13-19(22-16(2)28-34-23(22)27-20)25(33)30-11-9-29(10-12-30)24(32)18-7-8-21(31)26-14-18/h3-8,13-14H,9-12H2,1-2H3,(H,26,31). The number of rotatable bonds is 3. The van der Waals surface area contributed by atoms with E-state index < -0.39 is 0 Å². The first-order valence-electron chi connectivity index (χ1n) is 11.0. The maximum atomic E-state index is 13.6. The van der Waals surface area contributed by atoms with E-state index in [4.69, 9.17) is 4.52 Å². The van der Waals surface area contributed by atoms with Gasteiger partial charge in [-0.2, -0.15) is 0 Å². The van der Waals surface area contributed by atoms with Gasteiger partial charge in [-0.15, -0.1) is 0 Å². The lowest BCUT2D eigenvalue weighted by Crippen LogP contribution is -2.50. The molecule has 9 heteroatoms. The highest BCUT2D eigenvalue weighted by molar-refractivity contribution is 6.07. The fourth-order valence-electron chi connectivity index (χ4n) is 4.14. The van der Waals surface area contributed by atoms with E-state index in [0.717, 1.165) is 11.1 Å². The summed E-state index contributed by atoms with van der Waals surface area (Å²) >= 11 is 0. The number of hydrogen-bond donors (Lipinski definition) is 1. The Bertz CT molecular complexity index is 1430. The topological polar surface area (TPSA) is 112 Å². The number of carbonyl (C=O) groups excluding carboxylic acids is 2. The molecule has 0 unspecified atom stereocenters. The van der Waals surface area contributed by atoms with Crippen molar-refractivity contribution in [2.24, 2.45) is 0 Å². The third-order valence-corrected chi connectivity index (χ3v) is 6.08. The quantitative estimate of drug-likeness (QED) is 0.506. The molecule has 0 radical (unpaired) electrons. The molecule has 1 aromatic carbocycles. The average Bonchev–Trinajstić information content (AvgIpc) is 3.24. The molecular formula is C25H23N5O4. The third-order valence-electron chi connectivity index (χ3n) is 6.08. The molecule has 3 aromatic heterocycles. The molecule has 5 rings (SSSR count). The minimum absolute atomic E-state index is 0.150. The van der Waals surface area contributed by atoms with Crippen LogP contribution in [0.15, 0.2) is 58.0 Å². The minimum Gasteiger partial charge on any atom is -0.335 e. The highest BCUT2D eigenvalue weighted by Gasteiger charge is 2.28. The maximum absolute atomic E-state index is 13.6. The molecular weight excluding hydrogens is 434 g/mol. The Morgan fingerprint density at radius 1 is 0.941 bits per heavy atom. The van der Waals surface area contributed by atoms with Gasteiger partial charge in [0.2, 0.25) is 5.56 Å². The Morgan fingerprint density at radius 2 is 1.62 bits per heavy atom. The lowest BCUT2D eigenvalue weighted by Gasteiger charge is -2.35. The summed E-state index contributed by atoms with van der Waals surface area (Å²) in [5.74, 6) is -0.325. The number of fused-ring (bicyclic) bond motifs is 1. The Balaban J connectivity index is 1.40. The molecule has 1 N–H and O–H groups in total. The molecule has 1 saturated heterocycles. The maximum Gasteiger partial charge on any atom is 0.259 e. The summed E-state index contributed by atoms with van der Waals surface area (Å²) in [5, 5.41) is 4.63. The molecule has 1 fully saturated rings. The van der Waals surface area contributed by atoms with Gasteiger partial charge in [-0.05, 0) is 26.0 Å². The van der Waals surface area contributed by atoms with Crippen molar-refractivity contribution in [3.63, 3.8) is 0 Å². The predicted octanol–water partition coefficient (Wildman–Crippen LogP) is 2.79. The number of carbonyl (C=O) groups is 2. The van der Waals surface area contributed by atoms with E-state index >= 15 is 0 Å². The lowest BCUT2D eigenvalue weighted by atomic mass is 10.0. The number of nitrogens with zero attached hydrogens (tertiary/aromatic N) is 4. The van der Waals surface area contributed by atoms with Crippen LogP contribution in [0.4, 0.5) is 0 Å². The third kappa shape index (κ3) is 3.96. The van der Waals surface area contributed by atoms with Crippen LogP contribution in [0, 0.1) is 13.8 Å². The van der Waals surface area contributed by atoms with Crippen LogP contribution in [0.25, 0.3) is 22.4 Å². The fourth-order valence-corrected chi connectivity index (χ4v) is 4.14. The molecule has 0 bridgehead atoms. The van der Waals surface area contributed by atoms with Crippen molar-refractivity contribution < 1.29 is 14.1 Å². The van der Waals surface area contributed by atoms with E-state index in [-0.39, 0.29) is 17.4 Å². The van der Waals surface area contributed by atoms with Gasteiger partial charge in [0.1, 0.15) is 0 Å². The van der Waals surface area contributed by atoms with Gasteiger partial charge < -0.3 is 19.3 Å². The first-order chi connectivity index (χ1) is 16.4. The highest BCUT2D eigenvalue weighted by Crippen LogP contribution is 2.28. The van der Waals surface area contributed by atoms with E-state index in [2.05, 4.69) is 15.1 Å². The van der Waals surface area contributed by atoms with Crippen LogP contribution in [0.5, 0.6) is 0 Å². The Kier molecular flexibility index (Phi) is 5.45. The molecule has 0 atom stereocenters. The molecule has 34 heavy (non-hydrogen) atoms. The summed E-state index contributed by atoms with van der Waals surface area (Å²) in [5.41, 5.74) is 4.22. The molecule has 1 aliphatic heterocycles. The number of amides is 2. The second-order valence-electron chi connectivity index (χ2n) is 8.40. The van der Waals surface area contributed by atoms with Crippen molar-refractivity contribution in [1.29, 1.82) is 0 Å². The van der Waals surface area contributed by atoms with Crippen LogP contribution in [-0.2, 0) is 0 Å². The SMILES string of the molecule is Cc1ccc(-c2cc(C(=O)N3CCN(C(=O)c4ccc(=O)[nH]c4)CC3)c3c(C)noc3n2)cc1. The van der Waals surface area contributed by atoms with Gasteiger partial charge in [0.15, 0.2) is 0 Å². The summed E-state index contributed by atoms with van der Waals surface area (Å²) in [7, 11) is 0. The summed E-state index contributed by atoms with van der Waals surface area (Å²) in [6.45, 7) is 5.37. The molecule has 172 valence electrons. The van der Waals surface area contributed by atoms with Crippen LogP contribution in [0.3, 0.4) is 0 Å². The average molecular weight is 457 g/mol. The number of piperazine rings is 1. The summed E-state index contributed by atoms with van der Waals surface area (Å²) in [6.07, 6.45) is 1.41. The molecule has 2 amide bonds. The first kappa shape index (κ1) is 21.6. The smallest absolute Gasteiger partial charge is 0.259 e. The van der Waals surface area contributed by atoms with Crippen molar-refractivity contribution in [1.82, 2.24) is 24.9 Å².